The van der Waals surface area contributed by atoms with Gasteiger partial charge in [-0.25, -0.2) is 18.4 Å². The van der Waals surface area contributed by atoms with Gasteiger partial charge in [0.25, 0.3) is 5.92 Å². The Labute approximate surface area is 302 Å². The molecule has 5 aliphatic rings. The molecule has 3 aromatic rings. The lowest BCUT2D eigenvalue weighted by atomic mass is 9.44. The fraction of sp³-hybridized carbons (Fsp3) is 0.632. The normalized spacial score (nSPS) is 38.7. The zero-order valence-electron chi connectivity index (χ0n) is 28.8. The van der Waals surface area contributed by atoms with Crippen LogP contribution in [0.5, 0.6) is 11.5 Å². The smallest absolute Gasteiger partial charge is 0.251 e. The summed E-state index contributed by atoms with van der Waals surface area (Å²) in [6, 6.07) is 12.5. The highest BCUT2D eigenvalue weighted by Gasteiger charge is 2.66. The maximum Gasteiger partial charge on any atom is 0.251 e. The van der Waals surface area contributed by atoms with Crippen LogP contribution in [-0.4, -0.2) is 55.8 Å². The van der Waals surface area contributed by atoms with Crippen LogP contribution in [0.3, 0.4) is 0 Å². The minimum Gasteiger partial charge on any atom is -0.457 e. The maximum atomic E-state index is 15.0. The molecule has 2 aromatic carbocycles. The number of aliphatic hydroxyl groups is 2. The number of hydrogen-bond donors (Lipinski definition) is 2. The molecule has 0 amide bonds. The minimum absolute atomic E-state index is 0.0301. The number of fused-ring (bicyclic) bond motifs is 5. The van der Waals surface area contributed by atoms with E-state index in [2.05, 4.69) is 23.9 Å². The lowest BCUT2D eigenvalue weighted by molar-refractivity contribution is -0.236. The Morgan fingerprint density at radius 2 is 1.68 bits per heavy atom. The van der Waals surface area contributed by atoms with Crippen molar-refractivity contribution < 1.29 is 33.2 Å². The van der Waals surface area contributed by atoms with Gasteiger partial charge in [0.05, 0.1) is 29.9 Å². The monoisotopic (exact) mass is 733 g/mol. The van der Waals surface area contributed by atoms with Crippen LogP contribution in [-0.2, 0) is 21.8 Å². The number of rotatable bonds is 5. The predicted molar refractivity (Wildman–Crippen MR) is 185 cm³/mol. The highest BCUT2D eigenvalue weighted by atomic mass is 35.5. The van der Waals surface area contributed by atoms with Crippen LogP contribution in [0.25, 0.3) is 0 Å². The van der Waals surface area contributed by atoms with Crippen LogP contribution < -0.4 is 4.74 Å². The summed E-state index contributed by atoms with van der Waals surface area (Å²) in [7, 11) is 0. The van der Waals surface area contributed by atoms with Gasteiger partial charge in [-0.05, 0) is 123 Å². The Hall–Kier alpha value is -2.34. The van der Waals surface area contributed by atoms with Crippen molar-refractivity contribution in [3.8, 4) is 11.5 Å². The zero-order chi connectivity index (χ0) is 35.5. The first-order valence-corrected chi connectivity index (χ1v) is 18.6. The van der Waals surface area contributed by atoms with Gasteiger partial charge >= 0.3 is 0 Å². The van der Waals surface area contributed by atoms with E-state index in [0.29, 0.717) is 52.6 Å². The van der Waals surface area contributed by atoms with E-state index in [-0.39, 0.29) is 47.7 Å². The molecule has 2 heterocycles. The van der Waals surface area contributed by atoms with Gasteiger partial charge in [0.1, 0.15) is 30.7 Å². The second-order valence-electron chi connectivity index (χ2n) is 15.7. The standard InChI is InChI=1S/C19H17Cl2N3O3.C19H30F2O2/c1-13-9-25-19(27-13,10-24-12-22-11-23-24)17-7-6-16(8-18(17)21)26-15-4-2-14(20)3-5-15;1-17-7-5-11(22)9-15(17)19(20,21)10-12-13-3-4-16(23)18(13,2)8-6-14(12)17/h2-8,11-13H,9-10H2,1H3;11-16,22-23H,3-10H2,1-2H3/t;11-,12+,13+,14+,15+,16+,17-,18+/m.1/s1. The molecule has 5 fully saturated rings. The van der Waals surface area contributed by atoms with Crippen molar-refractivity contribution in [2.45, 2.75) is 109 Å². The highest BCUT2D eigenvalue weighted by molar-refractivity contribution is 6.31. The third kappa shape index (κ3) is 6.58. The molecule has 50 heavy (non-hydrogen) atoms. The Morgan fingerprint density at radius 1 is 0.960 bits per heavy atom. The average Bonchev–Trinajstić information content (AvgIpc) is 3.79. The molecular formula is C38H47Cl2F2N3O5. The molecule has 12 heteroatoms. The Morgan fingerprint density at radius 3 is 2.36 bits per heavy atom. The van der Waals surface area contributed by atoms with Gasteiger partial charge in [0, 0.05) is 22.9 Å². The van der Waals surface area contributed by atoms with E-state index >= 15 is 8.78 Å². The Bertz CT molecular complexity index is 1650. The highest BCUT2D eigenvalue weighted by Crippen LogP contribution is 2.69. The van der Waals surface area contributed by atoms with E-state index in [0.717, 1.165) is 32.1 Å². The van der Waals surface area contributed by atoms with Crippen molar-refractivity contribution in [2.24, 2.45) is 34.5 Å². The van der Waals surface area contributed by atoms with Crippen LogP contribution >= 0.6 is 23.2 Å². The molecule has 4 saturated carbocycles. The van der Waals surface area contributed by atoms with Crippen LogP contribution in [0.1, 0.15) is 77.7 Å². The lowest BCUT2D eigenvalue weighted by Gasteiger charge is -2.62. The van der Waals surface area contributed by atoms with E-state index in [9.17, 15) is 10.2 Å². The third-order valence-corrected chi connectivity index (χ3v) is 13.3. The molecule has 4 aliphatic carbocycles. The molecule has 1 saturated heterocycles. The van der Waals surface area contributed by atoms with Crippen LogP contribution in [0.4, 0.5) is 8.78 Å². The van der Waals surface area contributed by atoms with Crippen molar-refractivity contribution in [3.05, 3.63) is 70.7 Å². The molecule has 1 aliphatic heterocycles. The van der Waals surface area contributed by atoms with Crippen molar-refractivity contribution >= 4 is 23.2 Å². The lowest BCUT2D eigenvalue weighted by Crippen LogP contribution is -2.60. The first kappa shape index (κ1) is 36.0. The van der Waals surface area contributed by atoms with E-state index in [1.807, 2.05) is 19.1 Å². The van der Waals surface area contributed by atoms with Crippen LogP contribution in [0.2, 0.25) is 10.0 Å². The van der Waals surface area contributed by atoms with Gasteiger partial charge in [-0.3, -0.25) is 0 Å². The summed E-state index contributed by atoms with van der Waals surface area (Å²) >= 11 is 12.5. The SMILES string of the molecule is CC1COC(Cn2cncn2)(c2ccc(Oc3ccc(Cl)cc3)cc2Cl)O1.C[C@]12CC[C@@H](O)C[C@@H]1C(F)(F)C[C@@H]1[C@@H]2CC[C@]2(C)[C@@H](O)CC[C@@H]12. The van der Waals surface area contributed by atoms with Gasteiger partial charge < -0.3 is 24.4 Å². The Balaban J connectivity index is 0.000000159. The van der Waals surface area contributed by atoms with E-state index in [4.69, 9.17) is 37.4 Å². The fourth-order valence-corrected chi connectivity index (χ4v) is 10.7. The first-order valence-electron chi connectivity index (χ1n) is 17.8. The number of aromatic nitrogens is 3. The number of ether oxygens (including phenoxy) is 3. The summed E-state index contributed by atoms with van der Waals surface area (Å²) in [5.74, 6) is -2.48. The van der Waals surface area contributed by atoms with Crippen molar-refractivity contribution in [2.75, 3.05) is 6.61 Å². The van der Waals surface area contributed by atoms with Gasteiger partial charge in [-0.15, -0.1) is 0 Å². The number of hydrogen-bond acceptors (Lipinski definition) is 7. The maximum absolute atomic E-state index is 15.0. The molecule has 272 valence electrons. The second kappa shape index (κ2) is 13.6. The van der Waals surface area contributed by atoms with Crippen LogP contribution in [0, 0.1) is 34.5 Å². The van der Waals surface area contributed by atoms with E-state index < -0.39 is 23.7 Å². The molecular weight excluding hydrogens is 687 g/mol. The number of halogens is 4. The molecule has 8 rings (SSSR count). The quantitative estimate of drug-likeness (QED) is 0.271. The number of aliphatic hydroxyl groups excluding tert-OH is 2. The number of nitrogens with zero attached hydrogens (tertiary/aromatic N) is 3. The molecule has 2 N–H and O–H groups in total. The molecule has 10 atom stereocenters. The molecule has 8 nitrogen and oxygen atoms in total. The van der Waals surface area contributed by atoms with Gasteiger partial charge in [0.2, 0.25) is 5.79 Å². The van der Waals surface area contributed by atoms with Gasteiger partial charge in [-0.1, -0.05) is 37.0 Å². The Kier molecular flexibility index (Phi) is 9.78. The van der Waals surface area contributed by atoms with Crippen molar-refractivity contribution in [1.29, 1.82) is 0 Å². The van der Waals surface area contributed by atoms with E-state index in [1.54, 1.807) is 41.3 Å². The molecule has 0 spiro atoms. The molecule has 1 aromatic heterocycles. The fourth-order valence-electron chi connectivity index (χ4n) is 10.2. The average molecular weight is 735 g/mol. The largest absolute Gasteiger partial charge is 0.457 e. The van der Waals surface area contributed by atoms with Crippen molar-refractivity contribution in [3.63, 3.8) is 0 Å². The predicted octanol–water partition coefficient (Wildman–Crippen LogP) is 8.66. The van der Waals surface area contributed by atoms with Gasteiger partial charge in [-0.2, -0.15) is 5.10 Å². The summed E-state index contributed by atoms with van der Waals surface area (Å²) < 4.78 is 49.7. The first-order chi connectivity index (χ1) is 23.7. The summed E-state index contributed by atoms with van der Waals surface area (Å²) in [5, 5.41) is 25.6. The molecule has 0 bridgehead atoms. The molecule has 2 unspecified atom stereocenters. The number of benzene rings is 2. The summed E-state index contributed by atoms with van der Waals surface area (Å²) in [6.07, 6.45) is 7.37. The number of alkyl halides is 2. The van der Waals surface area contributed by atoms with Crippen LogP contribution in [0.15, 0.2) is 55.1 Å². The third-order valence-electron chi connectivity index (χ3n) is 12.8. The van der Waals surface area contributed by atoms with Crippen molar-refractivity contribution in [1.82, 2.24) is 14.8 Å². The minimum atomic E-state index is -2.68. The summed E-state index contributed by atoms with van der Waals surface area (Å²) in [5.41, 5.74) is 0.210. The molecule has 0 radical (unpaired) electrons. The second-order valence-corrected chi connectivity index (χ2v) is 16.6. The van der Waals surface area contributed by atoms with Gasteiger partial charge in [0.15, 0.2) is 0 Å². The van der Waals surface area contributed by atoms with E-state index in [1.165, 1.54) is 6.33 Å². The topological polar surface area (TPSA) is 98.9 Å². The summed E-state index contributed by atoms with van der Waals surface area (Å²) in [4.78, 5) is 3.98. The zero-order valence-corrected chi connectivity index (χ0v) is 30.3. The summed E-state index contributed by atoms with van der Waals surface area (Å²) in [6.45, 7) is 6.96.